The lowest BCUT2D eigenvalue weighted by Crippen LogP contribution is -2.25. The van der Waals surface area contributed by atoms with Gasteiger partial charge in [0.15, 0.2) is 0 Å². The molecule has 0 aromatic carbocycles. The lowest BCUT2D eigenvalue weighted by atomic mass is 10.0. The average Bonchev–Trinajstić information content (AvgIpc) is 3.13. The molecule has 0 saturated carbocycles. The van der Waals surface area contributed by atoms with Crippen molar-refractivity contribution in [3.8, 4) is 0 Å². The van der Waals surface area contributed by atoms with Gasteiger partial charge in [-0.05, 0) is 83.7 Å². The highest BCUT2D eigenvalue weighted by molar-refractivity contribution is 5.69. The number of nitrogens with zero attached hydrogens (tertiary/aromatic N) is 1. The number of allylic oxidation sites excluding steroid dienone is 4. The van der Waals surface area contributed by atoms with Crippen LogP contribution in [0.4, 0.5) is 4.79 Å². The zero-order chi connectivity index (χ0) is 37.6. The molecule has 0 rings (SSSR count). The molecule has 0 aliphatic carbocycles. The molecule has 8 heteroatoms. The van der Waals surface area contributed by atoms with E-state index in [9.17, 15) is 14.4 Å². The fraction of sp³-hybridized carbons (Fsp3) is 0.837. The van der Waals surface area contributed by atoms with Gasteiger partial charge in [-0.1, -0.05) is 123 Å². The SMILES string of the molecule is CCCCC/C=C\C/C=C\CCCCCCCC(=O)OCC(CCCCC(=O)OC(CCCC)CCCC)COC(=O)OCCCN(CC)CC. The number of unbranched alkanes of at least 4 members (excludes halogenated alkanes) is 11. The Morgan fingerprint density at radius 2 is 1.12 bits per heavy atom. The number of carbonyl (C=O) groups is 3. The first kappa shape index (κ1) is 48.6. The van der Waals surface area contributed by atoms with E-state index in [0.29, 0.717) is 32.3 Å². The topological polar surface area (TPSA) is 91.4 Å². The quantitative estimate of drug-likeness (QED) is 0.0273. The fourth-order valence-electron chi connectivity index (χ4n) is 5.86. The van der Waals surface area contributed by atoms with E-state index in [1.165, 1.54) is 38.5 Å². The van der Waals surface area contributed by atoms with Crippen LogP contribution in [0.3, 0.4) is 0 Å². The van der Waals surface area contributed by atoms with Gasteiger partial charge in [-0.3, -0.25) is 9.59 Å². The Morgan fingerprint density at radius 1 is 0.549 bits per heavy atom. The normalized spacial score (nSPS) is 12.3. The zero-order valence-electron chi connectivity index (χ0n) is 33.8. The Kier molecular flexibility index (Phi) is 35.7. The second-order valence-corrected chi connectivity index (χ2v) is 14.0. The number of esters is 2. The minimum Gasteiger partial charge on any atom is -0.465 e. The van der Waals surface area contributed by atoms with Crippen LogP contribution in [0.2, 0.25) is 0 Å². The molecule has 0 bridgehead atoms. The highest BCUT2D eigenvalue weighted by atomic mass is 16.7. The van der Waals surface area contributed by atoms with Gasteiger partial charge in [-0.15, -0.1) is 0 Å². The minimum absolute atomic E-state index is 0.00977. The van der Waals surface area contributed by atoms with E-state index in [4.69, 9.17) is 18.9 Å². The predicted octanol–water partition coefficient (Wildman–Crippen LogP) is 11.7. The van der Waals surface area contributed by atoms with Gasteiger partial charge in [0.05, 0.1) is 13.2 Å². The third-order valence-electron chi connectivity index (χ3n) is 9.28. The first-order valence-electron chi connectivity index (χ1n) is 21.1. The molecule has 298 valence electrons. The summed E-state index contributed by atoms with van der Waals surface area (Å²) in [6, 6.07) is 0. The van der Waals surface area contributed by atoms with Crippen LogP contribution in [0.15, 0.2) is 24.3 Å². The molecule has 0 heterocycles. The summed E-state index contributed by atoms with van der Waals surface area (Å²) in [5.41, 5.74) is 0. The third-order valence-corrected chi connectivity index (χ3v) is 9.28. The number of ether oxygens (including phenoxy) is 4. The van der Waals surface area contributed by atoms with Crippen molar-refractivity contribution in [2.45, 2.75) is 188 Å². The fourth-order valence-corrected chi connectivity index (χ4v) is 5.86. The van der Waals surface area contributed by atoms with Crippen molar-refractivity contribution in [1.29, 1.82) is 0 Å². The van der Waals surface area contributed by atoms with Crippen LogP contribution in [0, 0.1) is 5.92 Å². The molecule has 0 saturated heterocycles. The Hall–Kier alpha value is -2.35. The molecule has 0 aromatic rings. The van der Waals surface area contributed by atoms with Crippen LogP contribution >= 0.6 is 0 Å². The molecule has 0 aliphatic rings. The second kappa shape index (κ2) is 37.4. The van der Waals surface area contributed by atoms with Gasteiger partial charge < -0.3 is 23.8 Å². The van der Waals surface area contributed by atoms with E-state index in [2.05, 4.69) is 63.8 Å². The summed E-state index contributed by atoms with van der Waals surface area (Å²) >= 11 is 0. The molecule has 1 unspecified atom stereocenters. The van der Waals surface area contributed by atoms with Crippen LogP contribution in [0.25, 0.3) is 0 Å². The number of carbonyl (C=O) groups excluding carboxylic acids is 3. The van der Waals surface area contributed by atoms with Gasteiger partial charge in [-0.2, -0.15) is 0 Å². The van der Waals surface area contributed by atoms with Gasteiger partial charge in [0, 0.05) is 25.3 Å². The van der Waals surface area contributed by atoms with Crippen LogP contribution < -0.4 is 0 Å². The molecule has 0 radical (unpaired) electrons. The summed E-state index contributed by atoms with van der Waals surface area (Å²) in [6.45, 7) is 14.2. The van der Waals surface area contributed by atoms with Gasteiger partial charge in [0.25, 0.3) is 0 Å². The van der Waals surface area contributed by atoms with E-state index in [1.54, 1.807) is 0 Å². The van der Waals surface area contributed by atoms with Crippen molar-refractivity contribution in [3.63, 3.8) is 0 Å². The van der Waals surface area contributed by atoms with Gasteiger partial charge in [0.1, 0.15) is 12.7 Å². The van der Waals surface area contributed by atoms with E-state index < -0.39 is 6.16 Å². The van der Waals surface area contributed by atoms with Crippen molar-refractivity contribution in [3.05, 3.63) is 24.3 Å². The van der Waals surface area contributed by atoms with Crippen molar-refractivity contribution in [2.24, 2.45) is 5.92 Å². The van der Waals surface area contributed by atoms with E-state index in [1.807, 2.05) is 0 Å². The molecular weight excluding hydrogens is 642 g/mol. The standard InChI is InChI=1S/C43H79NO7/c1-6-11-14-15-16-17-18-19-20-21-22-23-24-25-26-33-41(45)49-37-39(38-50-43(47)48-36-29-35-44(9-4)10-5)30-27-28-34-42(46)51-40(31-12-7-2)32-13-8-3/h16-17,19-20,39-40H,6-15,18,21-38H2,1-5H3/b17-16-,20-19-. The molecule has 0 aliphatic heterocycles. The van der Waals surface area contributed by atoms with E-state index >= 15 is 0 Å². The Labute approximate surface area is 313 Å². The number of hydrogen-bond donors (Lipinski definition) is 0. The van der Waals surface area contributed by atoms with Crippen molar-refractivity contribution < 1.29 is 33.3 Å². The Morgan fingerprint density at radius 3 is 1.76 bits per heavy atom. The highest BCUT2D eigenvalue weighted by Crippen LogP contribution is 2.17. The lowest BCUT2D eigenvalue weighted by molar-refractivity contribution is -0.150. The molecule has 0 amide bonds. The van der Waals surface area contributed by atoms with E-state index in [-0.39, 0.29) is 37.2 Å². The van der Waals surface area contributed by atoms with Crippen LogP contribution in [-0.2, 0) is 28.5 Å². The maximum atomic E-state index is 12.6. The van der Waals surface area contributed by atoms with Crippen LogP contribution in [0.5, 0.6) is 0 Å². The number of rotatable bonds is 36. The molecule has 0 aromatic heterocycles. The summed E-state index contributed by atoms with van der Waals surface area (Å²) in [5.74, 6) is -0.504. The summed E-state index contributed by atoms with van der Waals surface area (Å²) < 4.78 is 22.1. The first-order valence-corrected chi connectivity index (χ1v) is 21.1. The maximum Gasteiger partial charge on any atom is 0.508 e. The molecule has 0 N–H and O–H groups in total. The lowest BCUT2D eigenvalue weighted by Gasteiger charge is -2.19. The summed E-state index contributed by atoms with van der Waals surface area (Å²) in [4.78, 5) is 39.6. The van der Waals surface area contributed by atoms with Crippen LogP contribution in [-0.4, -0.2) is 68.6 Å². The van der Waals surface area contributed by atoms with E-state index in [0.717, 1.165) is 103 Å². The van der Waals surface area contributed by atoms with Gasteiger partial charge >= 0.3 is 18.1 Å². The molecule has 51 heavy (non-hydrogen) atoms. The van der Waals surface area contributed by atoms with Gasteiger partial charge in [0.2, 0.25) is 0 Å². The Bertz CT molecular complexity index is 862. The average molecular weight is 722 g/mol. The second-order valence-electron chi connectivity index (χ2n) is 14.0. The summed E-state index contributed by atoms with van der Waals surface area (Å²) in [6.07, 6.45) is 30.7. The number of hydrogen-bond acceptors (Lipinski definition) is 8. The van der Waals surface area contributed by atoms with Crippen LogP contribution in [0.1, 0.15) is 182 Å². The van der Waals surface area contributed by atoms with Crippen molar-refractivity contribution >= 4 is 18.1 Å². The molecule has 8 nitrogen and oxygen atoms in total. The molecular formula is C43H79NO7. The monoisotopic (exact) mass is 722 g/mol. The summed E-state index contributed by atoms with van der Waals surface area (Å²) in [7, 11) is 0. The first-order chi connectivity index (χ1) is 24.9. The molecule has 1 atom stereocenters. The van der Waals surface area contributed by atoms with Crippen molar-refractivity contribution in [2.75, 3.05) is 39.5 Å². The largest absolute Gasteiger partial charge is 0.508 e. The third kappa shape index (κ3) is 33.2. The van der Waals surface area contributed by atoms with Gasteiger partial charge in [-0.25, -0.2) is 4.79 Å². The maximum absolute atomic E-state index is 12.6. The van der Waals surface area contributed by atoms with Crippen molar-refractivity contribution in [1.82, 2.24) is 4.90 Å². The highest BCUT2D eigenvalue weighted by Gasteiger charge is 2.18. The molecule has 0 fully saturated rings. The minimum atomic E-state index is -0.690. The molecule has 0 spiro atoms. The predicted molar refractivity (Wildman–Crippen MR) is 211 cm³/mol. The zero-order valence-corrected chi connectivity index (χ0v) is 33.8. The summed E-state index contributed by atoms with van der Waals surface area (Å²) in [5, 5.41) is 0. The Balaban J connectivity index is 4.51. The smallest absolute Gasteiger partial charge is 0.465 e.